The Morgan fingerprint density at radius 1 is 1.00 bits per heavy atom. The largest absolute Gasteiger partial charge is 0.369 e. The van der Waals surface area contributed by atoms with Crippen molar-refractivity contribution in [2.24, 2.45) is 11.7 Å². The van der Waals surface area contributed by atoms with E-state index in [1.807, 2.05) is 0 Å². The minimum atomic E-state index is 0.458. The number of hydrogen-bond donors (Lipinski definition) is 1. The van der Waals surface area contributed by atoms with Gasteiger partial charge in [-0.3, -0.25) is 4.90 Å². The lowest BCUT2D eigenvalue weighted by Gasteiger charge is -2.39. The molecule has 20 heavy (non-hydrogen) atoms. The molecule has 3 heteroatoms. The Hall–Kier alpha value is -1.06. The van der Waals surface area contributed by atoms with Crippen molar-refractivity contribution in [1.29, 1.82) is 0 Å². The minimum absolute atomic E-state index is 0.458. The molecule has 3 nitrogen and oxygen atoms in total. The summed E-state index contributed by atoms with van der Waals surface area (Å²) >= 11 is 0. The third-order valence-electron chi connectivity index (χ3n) is 4.83. The number of para-hydroxylation sites is 1. The normalized spacial score (nSPS) is 28.6. The van der Waals surface area contributed by atoms with E-state index in [0.29, 0.717) is 6.04 Å². The highest BCUT2D eigenvalue weighted by Gasteiger charge is 2.24. The molecule has 1 heterocycles. The first kappa shape index (κ1) is 13.9. The summed E-state index contributed by atoms with van der Waals surface area (Å²) in [6.45, 7) is 5.96. The average molecular weight is 273 g/mol. The number of rotatable bonds is 3. The van der Waals surface area contributed by atoms with Crippen molar-refractivity contribution in [2.45, 2.75) is 31.7 Å². The maximum atomic E-state index is 6.10. The van der Waals surface area contributed by atoms with Crippen molar-refractivity contribution >= 4 is 5.69 Å². The zero-order valence-corrected chi connectivity index (χ0v) is 12.4. The van der Waals surface area contributed by atoms with E-state index in [4.69, 9.17) is 5.73 Å². The summed E-state index contributed by atoms with van der Waals surface area (Å²) in [5.41, 5.74) is 7.47. The first-order valence-electron chi connectivity index (χ1n) is 8.09. The van der Waals surface area contributed by atoms with Gasteiger partial charge >= 0.3 is 0 Å². The van der Waals surface area contributed by atoms with E-state index >= 15 is 0 Å². The Kier molecular flexibility index (Phi) is 4.58. The number of nitrogens with two attached hydrogens (primary N) is 1. The van der Waals surface area contributed by atoms with Crippen LogP contribution in [-0.4, -0.2) is 43.7 Å². The number of hydrogen-bond acceptors (Lipinski definition) is 3. The van der Waals surface area contributed by atoms with Crippen LogP contribution in [0.3, 0.4) is 0 Å². The molecule has 0 aromatic heterocycles. The van der Waals surface area contributed by atoms with Crippen LogP contribution in [0.5, 0.6) is 0 Å². The molecule has 3 rings (SSSR count). The summed E-state index contributed by atoms with van der Waals surface area (Å²) in [4.78, 5) is 5.14. The van der Waals surface area contributed by atoms with E-state index in [0.717, 1.165) is 19.0 Å². The molecule has 2 atom stereocenters. The predicted molar refractivity (Wildman–Crippen MR) is 85.0 cm³/mol. The quantitative estimate of drug-likeness (QED) is 0.917. The summed E-state index contributed by atoms with van der Waals surface area (Å²) in [7, 11) is 0. The molecule has 0 spiro atoms. The maximum absolute atomic E-state index is 6.10. The van der Waals surface area contributed by atoms with E-state index in [-0.39, 0.29) is 0 Å². The van der Waals surface area contributed by atoms with Crippen LogP contribution in [-0.2, 0) is 0 Å². The molecule has 1 saturated carbocycles. The van der Waals surface area contributed by atoms with Crippen molar-refractivity contribution < 1.29 is 0 Å². The van der Waals surface area contributed by atoms with Gasteiger partial charge in [-0.25, -0.2) is 0 Å². The highest BCUT2D eigenvalue weighted by atomic mass is 15.3. The lowest BCUT2D eigenvalue weighted by molar-refractivity contribution is 0.184. The van der Waals surface area contributed by atoms with Gasteiger partial charge in [-0.05, 0) is 37.3 Å². The fourth-order valence-corrected chi connectivity index (χ4v) is 3.69. The summed E-state index contributed by atoms with van der Waals surface area (Å²) in [6, 6.07) is 11.2. The van der Waals surface area contributed by atoms with Crippen LogP contribution in [0, 0.1) is 5.92 Å². The first-order chi connectivity index (χ1) is 9.81. The van der Waals surface area contributed by atoms with E-state index in [9.17, 15) is 0 Å². The molecule has 2 N–H and O–H groups in total. The van der Waals surface area contributed by atoms with Crippen LogP contribution in [0.2, 0.25) is 0 Å². The Balaban J connectivity index is 1.46. The molecular formula is C17H27N3. The second kappa shape index (κ2) is 6.59. The van der Waals surface area contributed by atoms with Gasteiger partial charge in [0.15, 0.2) is 0 Å². The molecule has 1 saturated heterocycles. The van der Waals surface area contributed by atoms with Gasteiger partial charge in [0.1, 0.15) is 0 Å². The Morgan fingerprint density at radius 2 is 1.75 bits per heavy atom. The Labute approximate surface area is 122 Å². The van der Waals surface area contributed by atoms with Crippen molar-refractivity contribution in [3.63, 3.8) is 0 Å². The van der Waals surface area contributed by atoms with Gasteiger partial charge in [-0.1, -0.05) is 24.6 Å². The zero-order valence-electron chi connectivity index (χ0n) is 12.4. The number of nitrogens with zero attached hydrogens (tertiary/aromatic N) is 2. The molecule has 2 fully saturated rings. The summed E-state index contributed by atoms with van der Waals surface area (Å²) in [5, 5.41) is 0. The van der Waals surface area contributed by atoms with Crippen LogP contribution in [0.4, 0.5) is 5.69 Å². The summed E-state index contributed by atoms with van der Waals surface area (Å²) < 4.78 is 0. The van der Waals surface area contributed by atoms with Gasteiger partial charge in [-0.2, -0.15) is 0 Å². The van der Waals surface area contributed by atoms with Crippen molar-refractivity contribution in [3.8, 4) is 0 Å². The molecule has 1 aromatic rings. The van der Waals surface area contributed by atoms with Gasteiger partial charge in [0, 0.05) is 44.5 Å². The second-order valence-electron chi connectivity index (χ2n) is 6.42. The summed E-state index contributed by atoms with van der Waals surface area (Å²) in [5.74, 6) is 0.835. The van der Waals surface area contributed by atoms with E-state index < -0.39 is 0 Å². The van der Waals surface area contributed by atoms with Gasteiger partial charge in [0.05, 0.1) is 0 Å². The Morgan fingerprint density at radius 3 is 2.45 bits per heavy atom. The SMILES string of the molecule is NC1CCCC(CN2CCN(c3ccccc3)CC2)C1. The second-order valence-corrected chi connectivity index (χ2v) is 6.42. The molecule has 1 aliphatic heterocycles. The van der Waals surface area contributed by atoms with Crippen LogP contribution < -0.4 is 10.6 Å². The summed E-state index contributed by atoms with van der Waals surface area (Å²) in [6.07, 6.45) is 5.18. The van der Waals surface area contributed by atoms with Crippen molar-refractivity contribution in [2.75, 3.05) is 37.6 Å². The molecule has 0 radical (unpaired) electrons. The van der Waals surface area contributed by atoms with Gasteiger partial charge in [0.25, 0.3) is 0 Å². The minimum Gasteiger partial charge on any atom is -0.369 e. The first-order valence-corrected chi connectivity index (χ1v) is 8.09. The fraction of sp³-hybridized carbons (Fsp3) is 0.647. The zero-order chi connectivity index (χ0) is 13.8. The number of piperazine rings is 1. The molecule has 2 unspecified atom stereocenters. The molecule has 1 aromatic carbocycles. The lowest BCUT2D eigenvalue weighted by Crippen LogP contribution is -2.48. The molecule has 0 bridgehead atoms. The van der Waals surface area contributed by atoms with Crippen molar-refractivity contribution in [1.82, 2.24) is 4.90 Å². The van der Waals surface area contributed by atoms with Gasteiger partial charge in [0.2, 0.25) is 0 Å². The Bertz CT molecular complexity index is 398. The monoisotopic (exact) mass is 273 g/mol. The van der Waals surface area contributed by atoms with E-state index in [1.165, 1.54) is 51.0 Å². The van der Waals surface area contributed by atoms with Gasteiger partial charge < -0.3 is 10.6 Å². The molecular weight excluding hydrogens is 246 g/mol. The number of benzene rings is 1. The average Bonchev–Trinajstić information content (AvgIpc) is 2.49. The van der Waals surface area contributed by atoms with Crippen LogP contribution in [0.15, 0.2) is 30.3 Å². The fourth-order valence-electron chi connectivity index (χ4n) is 3.69. The topological polar surface area (TPSA) is 32.5 Å². The standard InChI is InChI=1S/C17H27N3/c18-16-6-4-5-15(13-16)14-19-9-11-20(12-10-19)17-7-2-1-3-8-17/h1-3,7-8,15-16H,4-6,9-14,18H2. The predicted octanol–water partition coefficient (Wildman–Crippen LogP) is 2.33. The van der Waals surface area contributed by atoms with Gasteiger partial charge in [-0.15, -0.1) is 0 Å². The highest BCUT2D eigenvalue weighted by molar-refractivity contribution is 5.46. The van der Waals surface area contributed by atoms with Crippen molar-refractivity contribution in [3.05, 3.63) is 30.3 Å². The molecule has 0 amide bonds. The third-order valence-corrected chi connectivity index (χ3v) is 4.83. The van der Waals surface area contributed by atoms with E-state index in [2.05, 4.69) is 40.1 Å². The van der Waals surface area contributed by atoms with Crippen LogP contribution >= 0.6 is 0 Å². The lowest BCUT2D eigenvalue weighted by atomic mass is 9.86. The number of anilines is 1. The van der Waals surface area contributed by atoms with Crippen LogP contribution in [0.25, 0.3) is 0 Å². The molecule has 110 valence electrons. The van der Waals surface area contributed by atoms with Crippen LogP contribution in [0.1, 0.15) is 25.7 Å². The highest BCUT2D eigenvalue weighted by Crippen LogP contribution is 2.24. The molecule has 1 aliphatic carbocycles. The third kappa shape index (κ3) is 3.53. The van der Waals surface area contributed by atoms with E-state index in [1.54, 1.807) is 0 Å². The molecule has 2 aliphatic rings. The smallest absolute Gasteiger partial charge is 0.0367 e. The maximum Gasteiger partial charge on any atom is 0.0367 e.